The highest BCUT2D eigenvalue weighted by Gasteiger charge is 2.35. The molecular weight excluding hydrogens is 324 g/mol. The van der Waals surface area contributed by atoms with E-state index in [4.69, 9.17) is 14.2 Å². The van der Waals surface area contributed by atoms with E-state index in [1.165, 1.54) is 12.5 Å². The Labute approximate surface area is 151 Å². The van der Waals surface area contributed by atoms with Crippen LogP contribution in [0.25, 0.3) is 0 Å². The summed E-state index contributed by atoms with van der Waals surface area (Å²) in [6, 6.07) is 0. The number of ether oxygens (including phenoxy) is 3. The second-order valence-corrected chi connectivity index (χ2v) is 6.73. The molecule has 0 saturated carbocycles. The Morgan fingerprint density at radius 3 is 2.76 bits per heavy atom. The van der Waals surface area contributed by atoms with E-state index in [0.717, 1.165) is 19.3 Å². The zero-order valence-corrected chi connectivity index (χ0v) is 15.7. The molecule has 1 saturated heterocycles. The molecule has 6 nitrogen and oxygen atoms in total. The van der Waals surface area contributed by atoms with Crippen LogP contribution in [0.15, 0.2) is 12.2 Å². The first-order valence-corrected chi connectivity index (χ1v) is 9.44. The SMILES string of the molecule is CCCCCCOC(=O)/C=C/CC[C@@H](C)OC1O[C@@H](C)C(O)C[C@H]1O. The monoisotopic (exact) mass is 358 g/mol. The molecule has 0 aromatic rings. The number of carbonyl (C=O) groups excluding carboxylic acids is 1. The van der Waals surface area contributed by atoms with Crippen LogP contribution in [0, 0.1) is 0 Å². The maximum absolute atomic E-state index is 11.5. The van der Waals surface area contributed by atoms with Crippen molar-refractivity contribution in [1.29, 1.82) is 0 Å². The molecule has 2 N–H and O–H groups in total. The molecule has 0 spiro atoms. The molecule has 5 atom stereocenters. The molecule has 6 heteroatoms. The summed E-state index contributed by atoms with van der Waals surface area (Å²) in [6.07, 6.45) is 6.50. The van der Waals surface area contributed by atoms with Crippen LogP contribution in [0.2, 0.25) is 0 Å². The van der Waals surface area contributed by atoms with Crippen molar-refractivity contribution in [2.24, 2.45) is 0 Å². The number of carbonyl (C=O) groups is 1. The van der Waals surface area contributed by atoms with E-state index in [1.807, 2.05) is 6.92 Å². The Morgan fingerprint density at radius 1 is 1.28 bits per heavy atom. The summed E-state index contributed by atoms with van der Waals surface area (Å²) in [5.74, 6) is -0.307. The van der Waals surface area contributed by atoms with E-state index in [2.05, 4.69) is 6.92 Å². The van der Waals surface area contributed by atoms with Gasteiger partial charge in [0.1, 0.15) is 6.10 Å². The van der Waals surface area contributed by atoms with Crippen LogP contribution >= 0.6 is 0 Å². The number of allylic oxidation sites excluding steroid dienone is 1. The Morgan fingerprint density at radius 2 is 2.04 bits per heavy atom. The first-order chi connectivity index (χ1) is 11.9. The molecule has 146 valence electrons. The highest BCUT2D eigenvalue weighted by atomic mass is 16.7. The lowest BCUT2D eigenvalue weighted by Gasteiger charge is -2.36. The third-order valence-corrected chi connectivity index (χ3v) is 4.29. The van der Waals surface area contributed by atoms with Gasteiger partial charge in [-0.1, -0.05) is 32.3 Å². The highest BCUT2D eigenvalue weighted by Crippen LogP contribution is 2.22. The largest absolute Gasteiger partial charge is 0.463 e. The molecule has 0 bridgehead atoms. The van der Waals surface area contributed by atoms with E-state index >= 15 is 0 Å². The predicted octanol–water partition coefficient (Wildman–Crippen LogP) is 2.71. The van der Waals surface area contributed by atoms with Gasteiger partial charge in [0, 0.05) is 12.5 Å². The third kappa shape index (κ3) is 9.35. The number of hydrogen-bond acceptors (Lipinski definition) is 6. The summed E-state index contributed by atoms with van der Waals surface area (Å²) >= 11 is 0. The number of rotatable bonds is 11. The quantitative estimate of drug-likeness (QED) is 0.336. The van der Waals surface area contributed by atoms with Gasteiger partial charge in [-0.25, -0.2) is 4.79 Å². The van der Waals surface area contributed by atoms with E-state index in [1.54, 1.807) is 13.0 Å². The van der Waals surface area contributed by atoms with E-state index in [0.29, 0.717) is 19.4 Å². The topological polar surface area (TPSA) is 85.2 Å². The van der Waals surface area contributed by atoms with Crippen molar-refractivity contribution in [3.05, 3.63) is 12.2 Å². The van der Waals surface area contributed by atoms with Gasteiger partial charge in [0.15, 0.2) is 6.29 Å². The summed E-state index contributed by atoms with van der Waals surface area (Å²) in [7, 11) is 0. The standard InChI is InChI=1S/C19H34O6/c1-4-5-6-9-12-23-18(22)11-8-7-10-14(2)24-19-17(21)13-16(20)15(3)25-19/h8,11,14-17,19-21H,4-7,9-10,12-13H2,1-3H3/b11-8+/t14-,15+,16?,17-,19?/m1/s1. The minimum absolute atomic E-state index is 0.128. The van der Waals surface area contributed by atoms with Gasteiger partial charge in [-0.2, -0.15) is 0 Å². The van der Waals surface area contributed by atoms with Crippen LogP contribution in [0.1, 0.15) is 65.7 Å². The molecule has 25 heavy (non-hydrogen) atoms. The summed E-state index contributed by atoms with van der Waals surface area (Å²) in [5, 5.41) is 19.5. The van der Waals surface area contributed by atoms with Gasteiger partial charge < -0.3 is 24.4 Å². The average Bonchev–Trinajstić information content (AvgIpc) is 2.56. The van der Waals surface area contributed by atoms with Crippen LogP contribution in [-0.4, -0.2) is 53.5 Å². The van der Waals surface area contributed by atoms with Crippen LogP contribution in [0.3, 0.4) is 0 Å². The lowest BCUT2D eigenvalue weighted by atomic mass is 10.0. The van der Waals surface area contributed by atoms with Crippen LogP contribution < -0.4 is 0 Å². The van der Waals surface area contributed by atoms with Crippen molar-refractivity contribution >= 4 is 5.97 Å². The van der Waals surface area contributed by atoms with E-state index < -0.39 is 18.5 Å². The molecule has 0 radical (unpaired) electrons. The molecule has 0 aromatic heterocycles. The van der Waals surface area contributed by atoms with Crippen LogP contribution in [0.5, 0.6) is 0 Å². The highest BCUT2D eigenvalue weighted by molar-refractivity contribution is 5.81. The lowest BCUT2D eigenvalue weighted by Crippen LogP contribution is -2.48. The second kappa shape index (κ2) is 12.4. The van der Waals surface area contributed by atoms with Crippen molar-refractivity contribution < 1.29 is 29.2 Å². The first kappa shape index (κ1) is 22.1. The van der Waals surface area contributed by atoms with Gasteiger partial charge >= 0.3 is 5.97 Å². The van der Waals surface area contributed by atoms with Crippen molar-refractivity contribution in [3.8, 4) is 0 Å². The van der Waals surface area contributed by atoms with Gasteiger partial charge in [-0.15, -0.1) is 0 Å². The predicted molar refractivity (Wildman–Crippen MR) is 95.0 cm³/mol. The number of unbranched alkanes of at least 4 members (excludes halogenated alkanes) is 3. The molecule has 0 amide bonds. The second-order valence-electron chi connectivity index (χ2n) is 6.73. The van der Waals surface area contributed by atoms with Crippen LogP contribution in [0.4, 0.5) is 0 Å². The summed E-state index contributed by atoms with van der Waals surface area (Å²) in [6.45, 7) is 6.27. The Kier molecular flexibility index (Phi) is 11.0. The minimum Gasteiger partial charge on any atom is -0.463 e. The first-order valence-electron chi connectivity index (χ1n) is 9.44. The summed E-state index contributed by atoms with van der Waals surface area (Å²) in [4.78, 5) is 11.5. The molecule has 0 aromatic carbocycles. The molecule has 2 unspecified atom stereocenters. The van der Waals surface area contributed by atoms with E-state index in [9.17, 15) is 15.0 Å². The maximum Gasteiger partial charge on any atom is 0.330 e. The van der Waals surface area contributed by atoms with Gasteiger partial charge in [0.05, 0.1) is 24.9 Å². The Bertz CT molecular complexity index is 397. The van der Waals surface area contributed by atoms with Crippen molar-refractivity contribution in [3.63, 3.8) is 0 Å². The average molecular weight is 358 g/mol. The smallest absolute Gasteiger partial charge is 0.330 e. The number of hydrogen-bond donors (Lipinski definition) is 2. The lowest BCUT2D eigenvalue weighted by molar-refractivity contribution is -0.273. The minimum atomic E-state index is -0.827. The van der Waals surface area contributed by atoms with Crippen molar-refractivity contribution in [2.75, 3.05) is 6.61 Å². The molecule has 1 aliphatic rings. The maximum atomic E-state index is 11.5. The van der Waals surface area contributed by atoms with Crippen molar-refractivity contribution in [2.45, 2.75) is 96.4 Å². The van der Waals surface area contributed by atoms with Crippen LogP contribution in [-0.2, 0) is 19.0 Å². The molecule has 0 aliphatic carbocycles. The number of aliphatic hydroxyl groups excluding tert-OH is 2. The summed E-state index contributed by atoms with van der Waals surface area (Å²) in [5.41, 5.74) is 0. The normalized spacial score (nSPS) is 28.2. The number of aliphatic hydroxyl groups is 2. The number of esters is 1. The van der Waals surface area contributed by atoms with Crippen molar-refractivity contribution in [1.82, 2.24) is 0 Å². The van der Waals surface area contributed by atoms with Gasteiger partial charge in [-0.3, -0.25) is 0 Å². The van der Waals surface area contributed by atoms with Gasteiger partial charge in [0.2, 0.25) is 0 Å². The van der Waals surface area contributed by atoms with E-state index in [-0.39, 0.29) is 24.6 Å². The fraction of sp³-hybridized carbons (Fsp3) is 0.842. The Hall–Kier alpha value is -0.950. The fourth-order valence-electron chi connectivity index (χ4n) is 2.62. The van der Waals surface area contributed by atoms with Gasteiger partial charge in [0.25, 0.3) is 0 Å². The zero-order valence-electron chi connectivity index (χ0n) is 15.7. The molecule has 1 heterocycles. The molecule has 1 rings (SSSR count). The Balaban J connectivity index is 2.15. The third-order valence-electron chi connectivity index (χ3n) is 4.29. The molecule has 1 fully saturated rings. The molecule has 1 aliphatic heterocycles. The molecular formula is C19H34O6. The van der Waals surface area contributed by atoms with Gasteiger partial charge in [-0.05, 0) is 33.1 Å². The summed E-state index contributed by atoms with van der Waals surface area (Å²) < 4.78 is 16.3. The fourth-order valence-corrected chi connectivity index (χ4v) is 2.62. The zero-order chi connectivity index (χ0) is 18.7.